The first kappa shape index (κ1) is 10.8. The van der Waals surface area contributed by atoms with Gasteiger partial charge in [-0.1, -0.05) is 6.92 Å². The minimum Gasteiger partial charge on any atom is -0.493 e. The molecule has 1 unspecified atom stereocenters. The van der Waals surface area contributed by atoms with Crippen molar-refractivity contribution in [3.63, 3.8) is 0 Å². The molecule has 1 saturated heterocycles. The second-order valence-corrected chi connectivity index (χ2v) is 4.99. The van der Waals surface area contributed by atoms with Crippen LogP contribution >= 0.6 is 0 Å². The molecule has 2 aliphatic rings. The van der Waals surface area contributed by atoms with Crippen molar-refractivity contribution in [2.75, 3.05) is 19.7 Å². The van der Waals surface area contributed by atoms with Gasteiger partial charge in [0.25, 0.3) is 0 Å². The molecule has 0 aliphatic carbocycles. The number of nitrogens with one attached hydrogen (secondary N) is 1. The number of ether oxygens (including phenoxy) is 1. The van der Waals surface area contributed by atoms with Crippen LogP contribution < -0.4 is 10.1 Å². The van der Waals surface area contributed by atoms with E-state index in [0.29, 0.717) is 5.92 Å². The molecule has 1 fully saturated rings. The molecule has 1 atom stereocenters. The Bertz CT molecular complexity index is 452. The fourth-order valence-electron chi connectivity index (χ4n) is 2.48. The number of carbonyl (C=O) groups excluding carboxylic acids is 1. The summed E-state index contributed by atoms with van der Waals surface area (Å²) in [4.78, 5) is 12.3. The van der Waals surface area contributed by atoms with Gasteiger partial charge in [0.05, 0.1) is 6.61 Å². The summed E-state index contributed by atoms with van der Waals surface area (Å²) in [6.07, 6.45) is 0.926. The molecular formula is C14H17NO2. The highest BCUT2D eigenvalue weighted by molar-refractivity contribution is 5.98. The number of hydrogen-bond acceptors (Lipinski definition) is 3. The Balaban J connectivity index is 1.81. The van der Waals surface area contributed by atoms with E-state index in [2.05, 4.69) is 5.32 Å². The molecule has 1 aromatic rings. The zero-order chi connectivity index (χ0) is 11.8. The lowest BCUT2D eigenvalue weighted by atomic mass is 9.83. The molecule has 90 valence electrons. The van der Waals surface area contributed by atoms with E-state index < -0.39 is 0 Å². The quantitative estimate of drug-likeness (QED) is 0.804. The van der Waals surface area contributed by atoms with Gasteiger partial charge < -0.3 is 10.1 Å². The Morgan fingerprint density at radius 1 is 1.47 bits per heavy atom. The third-order valence-electron chi connectivity index (χ3n) is 3.91. The normalized spacial score (nSPS) is 20.3. The molecule has 3 heteroatoms. The van der Waals surface area contributed by atoms with Gasteiger partial charge in [0.15, 0.2) is 5.78 Å². The Morgan fingerprint density at radius 3 is 3.00 bits per heavy atom. The summed E-state index contributed by atoms with van der Waals surface area (Å²) >= 11 is 0. The van der Waals surface area contributed by atoms with Crippen LogP contribution in [0.1, 0.15) is 22.8 Å². The molecule has 0 radical (unpaired) electrons. The third-order valence-corrected chi connectivity index (χ3v) is 3.91. The highest BCUT2D eigenvalue weighted by Crippen LogP contribution is 2.28. The number of rotatable bonds is 3. The van der Waals surface area contributed by atoms with Gasteiger partial charge in [0.2, 0.25) is 0 Å². The van der Waals surface area contributed by atoms with Gasteiger partial charge >= 0.3 is 0 Å². The molecule has 2 aliphatic heterocycles. The van der Waals surface area contributed by atoms with Crippen molar-refractivity contribution in [1.29, 1.82) is 0 Å². The van der Waals surface area contributed by atoms with Crippen LogP contribution in [0.25, 0.3) is 0 Å². The number of carbonyl (C=O) groups is 1. The van der Waals surface area contributed by atoms with E-state index in [1.807, 2.05) is 25.1 Å². The summed E-state index contributed by atoms with van der Waals surface area (Å²) in [7, 11) is 0. The Morgan fingerprint density at radius 2 is 2.29 bits per heavy atom. The monoisotopic (exact) mass is 231 g/mol. The molecule has 2 heterocycles. The van der Waals surface area contributed by atoms with Gasteiger partial charge in [-0.3, -0.25) is 4.79 Å². The van der Waals surface area contributed by atoms with Gasteiger partial charge in [-0.25, -0.2) is 0 Å². The summed E-state index contributed by atoms with van der Waals surface area (Å²) < 4.78 is 5.45. The lowest BCUT2D eigenvalue weighted by Gasteiger charge is -2.31. The third kappa shape index (κ3) is 1.84. The fraction of sp³-hybridized carbons (Fsp3) is 0.500. The molecule has 0 saturated carbocycles. The first-order valence-electron chi connectivity index (χ1n) is 6.26. The maximum Gasteiger partial charge on any atom is 0.166 e. The first-order chi connectivity index (χ1) is 8.25. The van der Waals surface area contributed by atoms with Crippen molar-refractivity contribution in [3.05, 3.63) is 29.3 Å². The number of benzene rings is 1. The van der Waals surface area contributed by atoms with Crippen LogP contribution in [0.4, 0.5) is 0 Å². The molecule has 0 amide bonds. The molecule has 3 nitrogen and oxygen atoms in total. The SMILES string of the molecule is CC(C(=O)c1ccc2c(c1)CCO2)C1CNC1. The van der Waals surface area contributed by atoms with E-state index in [0.717, 1.165) is 37.4 Å². The number of fused-ring (bicyclic) bond motifs is 1. The first-order valence-corrected chi connectivity index (χ1v) is 6.26. The van der Waals surface area contributed by atoms with Crippen LogP contribution in [0.5, 0.6) is 5.75 Å². The van der Waals surface area contributed by atoms with Crippen molar-refractivity contribution in [2.45, 2.75) is 13.3 Å². The summed E-state index contributed by atoms with van der Waals surface area (Å²) in [6, 6.07) is 5.84. The maximum atomic E-state index is 12.3. The summed E-state index contributed by atoms with van der Waals surface area (Å²) in [5.74, 6) is 1.84. The van der Waals surface area contributed by atoms with Crippen LogP contribution in [0.2, 0.25) is 0 Å². The number of Topliss-reactive ketones (excluding diaryl/α,β-unsaturated/α-hetero) is 1. The van der Waals surface area contributed by atoms with E-state index in [1.54, 1.807) is 0 Å². The highest BCUT2D eigenvalue weighted by atomic mass is 16.5. The molecule has 0 spiro atoms. The maximum absolute atomic E-state index is 12.3. The fourth-order valence-corrected chi connectivity index (χ4v) is 2.48. The second-order valence-electron chi connectivity index (χ2n) is 4.99. The predicted molar refractivity (Wildman–Crippen MR) is 65.5 cm³/mol. The lowest BCUT2D eigenvalue weighted by Crippen LogP contribution is -2.47. The summed E-state index contributed by atoms with van der Waals surface area (Å²) in [5, 5.41) is 3.22. The number of hydrogen-bond donors (Lipinski definition) is 1. The van der Waals surface area contributed by atoms with Gasteiger partial charge in [-0.2, -0.15) is 0 Å². The predicted octanol–water partition coefficient (Wildman–Crippen LogP) is 1.66. The number of ketones is 1. The Labute approximate surface area is 101 Å². The molecule has 0 bridgehead atoms. The second kappa shape index (κ2) is 4.15. The molecule has 3 rings (SSSR count). The van der Waals surface area contributed by atoms with Gasteiger partial charge in [-0.05, 0) is 42.8 Å². The standard InChI is InChI=1S/C14H17NO2/c1-9(12-7-15-8-12)14(16)11-2-3-13-10(6-11)4-5-17-13/h2-3,6,9,12,15H,4-5,7-8H2,1H3. The van der Waals surface area contributed by atoms with E-state index in [9.17, 15) is 4.79 Å². The van der Waals surface area contributed by atoms with Crippen LogP contribution in [-0.2, 0) is 6.42 Å². The Hall–Kier alpha value is -1.35. The highest BCUT2D eigenvalue weighted by Gasteiger charge is 2.29. The smallest absolute Gasteiger partial charge is 0.166 e. The van der Waals surface area contributed by atoms with Crippen molar-refractivity contribution < 1.29 is 9.53 Å². The average molecular weight is 231 g/mol. The Kier molecular flexibility index (Phi) is 2.63. The van der Waals surface area contributed by atoms with Crippen LogP contribution in [-0.4, -0.2) is 25.5 Å². The van der Waals surface area contributed by atoms with Crippen LogP contribution in [0, 0.1) is 11.8 Å². The molecule has 1 N–H and O–H groups in total. The van der Waals surface area contributed by atoms with E-state index >= 15 is 0 Å². The average Bonchev–Trinajstić information content (AvgIpc) is 2.72. The topological polar surface area (TPSA) is 38.3 Å². The van der Waals surface area contributed by atoms with Gasteiger partial charge in [-0.15, -0.1) is 0 Å². The molecular weight excluding hydrogens is 214 g/mol. The summed E-state index contributed by atoms with van der Waals surface area (Å²) in [6.45, 7) is 4.73. The summed E-state index contributed by atoms with van der Waals surface area (Å²) in [5.41, 5.74) is 2.02. The molecule has 17 heavy (non-hydrogen) atoms. The molecule has 1 aromatic carbocycles. The minimum atomic E-state index is 0.122. The van der Waals surface area contributed by atoms with Crippen molar-refractivity contribution in [3.8, 4) is 5.75 Å². The van der Waals surface area contributed by atoms with Crippen molar-refractivity contribution in [1.82, 2.24) is 5.32 Å². The van der Waals surface area contributed by atoms with Crippen molar-refractivity contribution >= 4 is 5.78 Å². The van der Waals surface area contributed by atoms with E-state index in [1.165, 1.54) is 5.56 Å². The van der Waals surface area contributed by atoms with E-state index in [-0.39, 0.29) is 11.7 Å². The lowest BCUT2D eigenvalue weighted by molar-refractivity contribution is 0.0854. The minimum absolute atomic E-state index is 0.122. The molecule has 0 aromatic heterocycles. The zero-order valence-electron chi connectivity index (χ0n) is 10.0. The van der Waals surface area contributed by atoms with Crippen molar-refractivity contribution in [2.24, 2.45) is 11.8 Å². The van der Waals surface area contributed by atoms with E-state index in [4.69, 9.17) is 4.74 Å². The zero-order valence-corrected chi connectivity index (χ0v) is 10.0. The van der Waals surface area contributed by atoms with Crippen LogP contribution in [0.15, 0.2) is 18.2 Å². The van der Waals surface area contributed by atoms with Crippen LogP contribution in [0.3, 0.4) is 0 Å². The largest absolute Gasteiger partial charge is 0.493 e. The van der Waals surface area contributed by atoms with Gasteiger partial charge in [0.1, 0.15) is 5.75 Å². The van der Waals surface area contributed by atoms with Gasteiger partial charge in [0, 0.05) is 17.9 Å².